The number of carbonyl (C=O) groups excluding carboxylic acids is 1. The largest absolute Gasteiger partial charge is 0.495 e. The molecule has 0 radical (unpaired) electrons. The SMILES string of the molecule is CC#CCNC(=O)c1cccc(OC)c1N. The molecule has 1 rings (SSSR count). The summed E-state index contributed by atoms with van der Waals surface area (Å²) in [5, 5.41) is 2.64. The molecule has 0 aliphatic rings. The van der Waals surface area contributed by atoms with Crippen LogP contribution in [0.4, 0.5) is 5.69 Å². The molecular weight excluding hydrogens is 204 g/mol. The molecule has 1 aromatic rings. The Bertz CT molecular complexity index is 444. The average Bonchev–Trinajstić information content (AvgIpc) is 2.29. The third-order valence-electron chi connectivity index (χ3n) is 2.04. The van der Waals surface area contributed by atoms with Crippen LogP contribution in [0.2, 0.25) is 0 Å². The van der Waals surface area contributed by atoms with Crippen molar-refractivity contribution in [1.82, 2.24) is 5.32 Å². The first-order valence-electron chi connectivity index (χ1n) is 4.81. The van der Waals surface area contributed by atoms with Gasteiger partial charge in [-0.05, 0) is 19.1 Å². The molecule has 0 aliphatic heterocycles. The summed E-state index contributed by atoms with van der Waals surface area (Å²) in [6.45, 7) is 2.03. The molecule has 16 heavy (non-hydrogen) atoms. The number of hydrogen-bond acceptors (Lipinski definition) is 3. The lowest BCUT2D eigenvalue weighted by Crippen LogP contribution is -2.24. The van der Waals surface area contributed by atoms with Crippen LogP contribution >= 0.6 is 0 Å². The van der Waals surface area contributed by atoms with Gasteiger partial charge in [0, 0.05) is 0 Å². The molecule has 4 nitrogen and oxygen atoms in total. The zero-order valence-corrected chi connectivity index (χ0v) is 9.33. The summed E-state index contributed by atoms with van der Waals surface area (Å²) in [6.07, 6.45) is 0. The highest BCUT2D eigenvalue weighted by Gasteiger charge is 2.11. The second-order valence-electron chi connectivity index (χ2n) is 3.03. The Labute approximate surface area is 94.8 Å². The third kappa shape index (κ3) is 2.67. The number of ether oxygens (including phenoxy) is 1. The molecule has 3 N–H and O–H groups in total. The van der Waals surface area contributed by atoms with Crippen molar-refractivity contribution in [3.05, 3.63) is 23.8 Å². The van der Waals surface area contributed by atoms with Gasteiger partial charge in [-0.2, -0.15) is 0 Å². The monoisotopic (exact) mass is 218 g/mol. The summed E-state index contributed by atoms with van der Waals surface area (Å²) in [5.41, 5.74) is 6.52. The van der Waals surface area contributed by atoms with Gasteiger partial charge in [0.2, 0.25) is 0 Å². The lowest BCUT2D eigenvalue weighted by Gasteiger charge is -2.08. The van der Waals surface area contributed by atoms with Gasteiger partial charge in [-0.3, -0.25) is 4.79 Å². The molecule has 0 spiro atoms. The number of hydrogen-bond donors (Lipinski definition) is 2. The van der Waals surface area contributed by atoms with E-state index in [1.165, 1.54) is 7.11 Å². The fraction of sp³-hybridized carbons (Fsp3) is 0.250. The number of rotatable bonds is 3. The number of methoxy groups -OCH3 is 1. The maximum atomic E-state index is 11.7. The van der Waals surface area contributed by atoms with Crippen LogP contribution in [0.1, 0.15) is 17.3 Å². The predicted octanol–water partition coefficient (Wildman–Crippen LogP) is 1.03. The van der Waals surface area contributed by atoms with Crippen LogP contribution in [0.25, 0.3) is 0 Å². The number of amides is 1. The second kappa shape index (κ2) is 5.66. The zero-order valence-electron chi connectivity index (χ0n) is 9.33. The van der Waals surface area contributed by atoms with Gasteiger partial charge in [-0.1, -0.05) is 12.0 Å². The molecule has 1 aromatic carbocycles. The second-order valence-corrected chi connectivity index (χ2v) is 3.03. The minimum Gasteiger partial charge on any atom is -0.495 e. The van der Waals surface area contributed by atoms with Crippen LogP contribution in [0.5, 0.6) is 5.75 Å². The molecule has 1 amide bonds. The van der Waals surface area contributed by atoms with Gasteiger partial charge in [0.1, 0.15) is 5.75 Å². The van der Waals surface area contributed by atoms with E-state index in [0.717, 1.165) is 0 Å². The van der Waals surface area contributed by atoms with Crippen LogP contribution in [-0.4, -0.2) is 19.6 Å². The molecule has 84 valence electrons. The van der Waals surface area contributed by atoms with Gasteiger partial charge in [-0.15, -0.1) is 5.92 Å². The van der Waals surface area contributed by atoms with Gasteiger partial charge < -0.3 is 15.8 Å². The van der Waals surface area contributed by atoms with Crippen LogP contribution in [0.3, 0.4) is 0 Å². The van der Waals surface area contributed by atoms with Crippen molar-refractivity contribution in [2.75, 3.05) is 19.4 Å². The Hall–Kier alpha value is -2.15. The maximum Gasteiger partial charge on any atom is 0.254 e. The summed E-state index contributed by atoms with van der Waals surface area (Å²) in [7, 11) is 1.51. The lowest BCUT2D eigenvalue weighted by molar-refractivity contribution is 0.0959. The molecule has 0 unspecified atom stereocenters. The van der Waals surface area contributed by atoms with Gasteiger partial charge in [0.25, 0.3) is 5.91 Å². The highest BCUT2D eigenvalue weighted by atomic mass is 16.5. The minimum atomic E-state index is -0.251. The molecule has 0 fully saturated rings. The van der Waals surface area contributed by atoms with Crippen molar-refractivity contribution >= 4 is 11.6 Å². The maximum absolute atomic E-state index is 11.7. The number of para-hydroxylation sites is 1. The van der Waals surface area contributed by atoms with E-state index in [2.05, 4.69) is 17.2 Å². The molecule has 4 heteroatoms. The van der Waals surface area contributed by atoms with E-state index in [0.29, 0.717) is 23.5 Å². The van der Waals surface area contributed by atoms with Crippen LogP contribution < -0.4 is 15.8 Å². The highest BCUT2D eigenvalue weighted by molar-refractivity contribution is 6.00. The standard InChI is InChI=1S/C12H14N2O2/c1-3-4-8-14-12(15)9-6-5-7-10(16-2)11(9)13/h5-7H,8,13H2,1-2H3,(H,14,15). The van der Waals surface area contributed by atoms with Crippen molar-refractivity contribution in [3.8, 4) is 17.6 Å². The van der Waals surface area contributed by atoms with E-state index in [1.54, 1.807) is 25.1 Å². The summed E-state index contributed by atoms with van der Waals surface area (Å²) in [5.74, 6) is 5.68. The smallest absolute Gasteiger partial charge is 0.254 e. The predicted molar refractivity (Wildman–Crippen MR) is 63.2 cm³/mol. The van der Waals surface area contributed by atoms with Gasteiger partial charge >= 0.3 is 0 Å². The summed E-state index contributed by atoms with van der Waals surface area (Å²) >= 11 is 0. The van der Waals surface area contributed by atoms with Crippen molar-refractivity contribution in [1.29, 1.82) is 0 Å². The number of benzene rings is 1. The molecule has 0 heterocycles. The Balaban J connectivity index is 2.85. The summed E-state index contributed by atoms with van der Waals surface area (Å²) in [4.78, 5) is 11.7. The number of nitrogens with two attached hydrogens (primary N) is 1. The van der Waals surface area contributed by atoms with E-state index in [-0.39, 0.29) is 5.91 Å². The fourth-order valence-electron chi connectivity index (χ4n) is 1.23. The highest BCUT2D eigenvalue weighted by Crippen LogP contribution is 2.24. The summed E-state index contributed by atoms with van der Waals surface area (Å²) < 4.78 is 5.03. The topological polar surface area (TPSA) is 64.3 Å². The Morgan fingerprint density at radius 1 is 1.56 bits per heavy atom. The van der Waals surface area contributed by atoms with Gasteiger partial charge in [0.05, 0.1) is 24.9 Å². The first-order chi connectivity index (χ1) is 7.70. The Morgan fingerprint density at radius 3 is 2.94 bits per heavy atom. The van der Waals surface area contributed by atoms with Crippen LogP contribution in [0, 0.1) is 11.8 Å². The molecule has 0 saturated heterocycles. The van der Waals surface area contributed by atoms with Crippen molar-refractivity contribution in [3.63, 3.8) is 0 Å². The molecule has 0 aromatic heterocycles. The number of nitrogen functional groups attached to an aromatic ring is 1. The quantitative estimate of drug-likeness (QED) is 0.588. The van der Waals surface area contributed by atoms with E-state index in [4.69, 9.17) is 10.5 Å². The third-order valence-corrected chi connectivity index (χ3v) is 2.04. The van der Waals surface area contributed by atoms with E-state index >= 15 is 0 Å². The molecule has 0 bridgehead atoms. The van der Waals surface area contributed by atoms with Gasteiger partial charge in [0.15, 0.2) is 0 Å². The van der Waals surface area contributed by atoms with E-state index in [1.807, 2.05) is 0 Å². The van der Waals surface area contributed by atoms with Gasteiger partial charge in [-0.25, -0.2) is 0 Å². The number of anilines is 1. The first-order valence-corrected chi connectivity index (χ1v) is 4.81. The first kappa shape index (κ1) is 11.9. The zero-order chi connectivity index (χ0) is 12.0. The lowest BCUT2D eigenvalue weighted by atomic mass is 10.1. The molecule has 0 atom stereocenters. The molecular formula is C12H14N2O2. The molecule has 0 saturated carbocycles. The average molecular weight is 218 g/mol. The minimum absolute atomic E-state index is 0.251. The van der Waals surface area contributed by atoms with Crippen LogP contribution in [0.15, 0.2) is 18.2 Å². The van der Waals surface area contributed by atoms with Crippen molar-refractivity contribution in [2.45, 2.75) is 6.92 Å². The number of nitrogens with one attached hydrogen (secondary N) is 1. The van der Waals surface area contributed by atoms with E-state index in [9.17, 15) is 4.79 Å². The van der Waals surface area contributed by atoms with Crippen molar-refractivity contribution in [2.24, 2.45) is 0 Å². The Kier molecular flexibility index (Phi) is 4.22. The fourth-order valence-corrected chi connectivity index (χ4v) is 1.23. The van der Waals surface area contributed by atoms with Crippen LogP contribution in [-0.2, 0) is 0 Å². The summed E-state index contributed by atoms with van der Waals surface area (Å²) in [6, 6.07) is 5.07. The van der Waals surface area contributed by atoms with E-state index < -0.39 is 0 Å². The van der Waals surface area contributed by atoms with Crippen molar-refractivity contribution < 1.29 is 9.53 Å². The molecule has 0 aliphatic carbocycles. The normalized spacial score (nSPS) is 8.88. The number of carbonyl (C=O) groups is 1. The Morgan fingerprint density at radius 2 is 2.31 bits per heavy atom.